The zero-order chi connectivity index (χ0) is 10.6. The van der Waals surface area contributed by atoms with Gasteiger partial charge in [-0.25, -0.2) is 9.59 Å². The lowest BCUT2D eigenvalue weighted by atomic mass is 10.5. The van der Waals surface area contributed by atoms with Crippen LogP contribution < -0.4 is 0 Å². The lowest BCUT2D eigenvalue weighted by molar-refractivity contribution is -0.143. The number of carbonyl (C=O) groups excluding carboxylic acids is 2. The minimum atomic E-state index is -0.497. The van der Waals surface area contributed by atoms with Crippen molar-refractivity contribution in [2.24, 2.45) is 0 Å². The molecule has 1 saturated heterocycles. The second kappa shape index (κ2) is 4.64. The quantitative estimate of drug-likeness (QED) is 0.377. The topological polar surface area (TPSA) is 55.6 Å². The van der Waals surface area contributed by atoms with Crippen molar-refractivity contribution in [1.29, 1.82) is 0 Å². The summed E-state index contributed by atoms with van der Waals surface area (Å²) in [4.78, 5) is 23.5. The van der Waals surface area contributed by atoms with Gasteiger partial charge in [0.15, 0.2) is 6.04 Å². The SMILES string of the molecule is C=CCOC(=O)N1CC1C(=O)OCC. The fourth-order valence-corrected chi connectivity index (χ4v) is 0.994. The van der Waals surface area contributed by atoms with Crippen LogP contribution >= 0.6 is 0 Å². The Bertz CT molecular complexity index is 251. The molecule has 1 rings (SSSR count). The summed E-state index contributed by atoms with van der Waals surface area (Å²) in [6.45, 7) is 6.00. The zero-order valence-corrected chi connectivity index (χ0v) is 8.06. The number of hydrogen-bond donors (Lipinski definition) is 0. The van der Waals surface area contributed by atoms with Crippen LogP contribution in [0.15, 0.2) is 12.7 Å². The second-order valence-corrected chi connectivity index (χ2v) is 2.79. The minimum absolute atomic E-state index is 0.158. The molecule has 1 atom stereocenters. The molecule has 5 heteroatoms. The van der Waals surface area contributed by atoms with Gasteiger partial charge in [-0.05, 0) is 6.92 Å². The van der Waals surface area contributed by atoms with Crippen LogP contribution in [0.5, 0.6) is 0 Å². The van der Waals surface area contributed by atoms with Gasteiger partial charge in [0, 0.05) is 0 Å². The number of hydrogen-bond acceptors (Lipinski definition) is 4. The van der Waals surface area contributed by atoms with Crippen LogP contribution in [-0.2, 0) is 14.3 Å². The van der Waals surface area contributed by atoms with Crippen LogP contribution in [0, 0.1) is 0 Å². The summed E-state index contributed by atoms with van der Waals surface area (Å²) in [7, 11) is 0. The Balaban J connectivity index is 2.27. The van der Waals surface area contributed by atoms with E-state index in [0.717, 1.165) is 0 Å². The third-order valence-corrected chi connectivity index (χ3v) is 1.73. The Labute approximate surface area is 82.3 Å². The molecule has 1 fully saturated rings. The van der Waals surface area contributed by atoms with E-state index in [1.165, 1.54) is 11.0 Å². The summed E-state index contributed by atoms with van der Waals surface area (Å²) in [6, 6.07) is -0.452. The highest BCUT2D eigenvalue weighted by Gasteiger charge is 2.46. The van der Waals surface area contributed by atoms with E-state index in [2.05, 4.69) is 6.58 Å². The van der Waals surface area contributed by atoms with Crippen molar-refractivity contribution in [3.63, 3.8) is 0 Å². The fourth-order valence-electron chi connectivity index (χ4n) is 0.994. The largest absolute Gasteiger partial charge is 0.464 e. The van der Waals surface area contributed by atoms with Crippen molar-refractivity contribution in [1.82, 2.24) is 4.90 Å². The lowest BCUT2D eigenvalue weighted by Gasteiger charge is -2.03. The van der Waals surface area contributed by atoms with Crippen LogP contribution in [0.2, 0.25) is 0 Å². The Hall–Kier alpha value is -1.52. The molecule has 5 nitrogen and oxygen atoms in total. The third-order valence-electron chi connectivity index (χ3n) is 1.73. The van der Waals surface area contributed by atoms with Crippen molar-refractivity contribution < 1.29 is 19.1 Å². The van der Waals surface area contributed by atoms with E-state index in [9.17, 15) is 9.59 Å². The smallest absolute Gasteiger partial charge is 0.410 e. The predicted molar refractivity (Wildman–Crippen MR) is 48.7 cm³/mol. The Morgan fingerprint density at radius 1 is 1.57 bits per heavy atom. The second-order valence-electron chi connectivity index (χ2n) is 2.79. The van der Waals surface area contributed by atoms with E-state index in [-0.39, 0.29) is 12.6 Å². The molecule has 1 unspecified atom stereocenters. The molecular formula is C9H13NO4. The van der Waals surface area contributed by atoms with Crippen molar-refractivity contribution >= 4 is 12.1 Å². The first-order valence-corrected chi connectivity index (χ1v) is 4.41. The first-order chi connectivity index (χ1) is 6.70. The number of esters is 1. The first kappa shape index (κ1) is 10.6. The van der Waals surface area contributed by atoms with E-state index >= 15 is 0 Å². The van der Waals surface area contributed by atoms with E-state index < -0.39 is 12.1 Å². The molecular weight excluding hydrogens is 186 g/mol. The van der Waals surface area contributed by atoms with Crippen LogP contribution in [0.1, 0.15) is 6.92 Å². The molecule has 1 aliphatic rings. The number of ether oxygens (including phenoxy) is 2. The van der Waals surface area contributed by atoms with Crippen LogP contribution in [0.25, 0.3) is 0 Å². The minimum Gasteiger partial charge on any atom is -0.464 e. The summed E-state index contributed by atoms with van der Waals surface area (Å²) in [5, 5.41) is 0. The van der Waals surface area contributed by atoms with Crippen LogP contribution in [0.4, 0.5) is 4.79 Å². The first-order valence-electron chi connectivity index (χ1n) is 4.41. The van der Waals surface area contributed by atoms with Gasteiger partial charge < -0.3 is 9.47 Å². The monoisotopic (exact) mass is 199 g/mol. The normalized spacial score (nSPS) is 18.6. The number of amides is 1. The van der Waals surface area contributed by atoms with Crippen LogP contribution in [0.3, 0.4) is 0 Å². The summed E-state index contributed by atoms with van der Waals surface area (Å²) in [5.41, 5.74) is 0. The van der Waals surface area contributed by atoms with Gasteiger partial charge in [-0.15, -0.1) is 0 Å². The fraction of sp³-hybridized carbons (Fsp3) is 0.556. The van der Waals surface area contributed by atoms with E-state index in [4.69, 9.17) is 9.47 Å². The average molecular weight is 199 g/mol. The summed E-state index contributed by atoms with van der Waals surface area (Å²) >= 11 is 0. The molecule has 0 aromatic rings. The molecule has 0 N–H and O–H groups in total. The van der Waals surface area contributed by atoms with Gasteiger partial charge in [-0.2, -0.15) is 0 Å². The van der Waals surface area contributed by atoms with Crippen molar-refractivity contribution in [2.75, 3.05) is 19.8 Å². The lowest BCUT2D eigenvalue weighted by Crippen LogP contribution is -2.21. The predicted octanol–water partition coefficient (Wildman–Crippen LogP) is 0.556. The van der Waals surface area contributed by atoms with E-state index in [0.29, 0.717) is 13.2 Å². The van der Waals surface area contributed by atoms with Gasteiger partial charge in [0.2, 0.25) is 0 Å². The third kappa shape index (κ3) is 2.48. The Morgan fingerprint density at radius 2 is 2.29 bits per heavy atom. The molecule has 78 valence electrons. The summed E-state index contributed by atoms with van der Waals surface area (Å²) in [5.74, 6) is -0.372. The van der Waals surface area contributed by atoms with Gasteiger partial charge in [-0.1, -0.05) is 12.7 Å². The number of carbonyl (C=O) groups is 2. The standard InChI is InChI=1S/C9H13NO4/c1-3-5-14-9(12)10-6-7(10)8(11)13-4-2/h3,7H,1,4-6H2,2H3. The molecule has 0 saturated carbocycles. The highest BCUT2D eigenvalue weighted by Crippen LogP contribution is 2.19. The maximum absolute atomic E-state index is 11.1. The molecule has 0 aromatic heterocycles. The number of rotatable bonds is 4. The zero-order valence-electron chi connectivity index (χ0n) is 8.06. The molecule has 1 heterocycles. The van der Waals surface area contributed by atoms with Gasteiger partial charge in [0.05, 0.1) is 13.2 Å². The molecule has 0 aliphatic carbocycles. The molecule has 0 bridgehead atoms. The Morgan fingerprint density at radius 3 is 2.86 bits per heavy atom. The maximum Gasteiger partial charge on any atom is 0.410 e. The molecule has 0 spiro atoms. The van der Waals surface area contributed by atoms with E-state index in [1.54, 1.807) is 6.92 Å². The van der Waals surface area contributed by atoms with Crippen molar-refractivity contribution in [3.8, 4) is 0 Å². The van der Waals surface area contributed by atoms with Crippen molar-refractivity contribution in [3.05, 3.63) is 12.7 Å². The molecule has 0 aromatic carbocycles. The molecule has 0 radical (unpaired) electrons. The Kier molecular flexibility index (Phi) is 3.50. The summed E-state index contributed by atoms with van der Waals surface area (Å²) < 4.78 is 9.48. The van der Waals surface area contributed by atoms with E-state index in [1.807, 2.05) is 0 Å². The van der Waals surface area contributed by atoms with Crippen molar-refractivity contribution in [2.45, 2.75) is 13.0 Å². The van der Waals surface area contributed by atoms with Crippen LogP contribution in [-0.4, -0.2) is 42.8 Å². The maximum atomic E-state index is 11.1. The molecule has 1 amide bonds. The van der Waals surface area contributed by atoms with Gasteiger partial charge >= 0.3 is 12.1 Å². The number of nitrogens with zero attached hydrogens (tertiary/aromatic N) is 1. The highest BCUT2D eigenvalue weighted by atomic mass is 16.6. The van der Waals surface area contributed by atoms with Gasteiger partial charge in [-0.3, -0.25) is 4.90 Å². The average Bonchev–Trinajstić information content (AvgIpc) is 2.94. The highest BCUT2D eigenvalue weighted by molar-refractivity contribution is 5.86. The molecule has 1 aliphatic heterocycles. The molecule has 14 heavy (non-hydrogen) atoms. The van der Waals surface area contributed by atoms with Gasteiger partial charge in [0.25, 0.3) is 0 Å². The van der Waals surface area contributed by atoms with Gasteiger partial charge in [0.1, 0.15) is 6.61 Å². The summed E-state index contributed by atoms with van der Waals surface area (Å²) in [6.07, 6.45) is 0.976.